The number of carbonyl (C=O) groups is 2. The number of aromatic nitrogens is 2. The number of nitrogens with zero attached hydrogens (tertiary/aromatic N) is 4. The molecular weight excluding hydrogens is 475 g/mol. The molecule has 1 unspecified atom stereocenters. The molecule has 2 aromatic carbocycles. The molecule has 0 radical (unpaired) electrons. The third-order valence-electron chi connectivity index (χ3n) is 5.86. The molecular formula is C25H26Cl2N4O3. The topological polar surface area (TPSA) is 79.5 Å². The lowest BCUT2D eigenvalue weighted by Gasteiger charge is -2.35. The van der Waals surface area contributed by atoms with Gasteiger partial charge in [0.25, 0.3) is 5.91 Å². The van der Waals surface area contributed by atoms with Crippen molar-refractivity contribution in [2.45, 2.75) is 38.6 Å². The van der Waals surface area contributed by atoms with Gasteiger partial charge in [-0.15, -0.1) is 0 Å². The fraction of sp³-hybridized carbons (Fsp3) is 0.360. The van der Waals surface area contributed by atoms with Gasteiger partial charge in [0.2, 0.25) is 17.6 Å². The van der Waals surface area contributed by atoms with Crippen LogP contribution in [0.1, 0.15) is 54.9 Å². The molecule has 1 aliphatic heterocycles. The Balaban J connectivity index is 1.52. The number of benzene rings is 2. The second-order valence-electron chi connectivity index (χ2n) is 8.27. The van der Waals surface area contributed by atoms with Gasteiger partial charge >= 0.3 is 0 Å². The number of likely N-dealkylation sites (tertiary alicyclic amines) is 1. The molecule has 0 aliphatic carbocycles. The van der Waals surface area contributed by atoms with Crippen LogP contribution in [0, 0.1) is 0 Å². The molecule has 4 rings (SSSR count). The molecule has 1 saturated heterocycles. The van der Waals surface area contributed by atoms with E-state index in [-0.39, 0.29) is 24.4 Å². The standard InChI is InChI=1S/C25H26Cl2N4O3/c1-2-14-30(25(33)19-7-3-4-8-20(19)27)16-22(32)31-15-6-5-9-21(31)24-28-23(29-34-24)17-10-12-18(26)13-11-17/h3-4,7-8,10-13,21H,2,5-6,9,14-16H2,1H3. The van der Waals surface area contributed by atoms with Crippen LogP contribution < -0.4 is 0 Å². The van der Waals surface area contributed by atoms with Crippen molar-refractivity contribution in [3.8, 4) is 11.4 Å². The average molecular weight is 501 g/mol. The van der Waals surface area contributed by atoms with Gasteiger partial charge in [-0.1, -0.05) is 47.4 Å². The monoisotopic (exact) mass is 500 g/mol. The van der Waals surface area contributed by atoms with E-state index in [1.54, 1.807) is 46.2 Å². The Morgan fingerprint density at radius 3 is 2.62 bits per heavy atom. The van der Waals surface area contributed by atoms with E-state index in [0.717, 1.165) is 31.2 Å². The smallest absolute Gasteiger partial charge is 0.255 e. The van der Waals surface area contributed by atoms with Crippen molar-refractivity contribution in [2.75, 3.05) is 19.6 Å². The first kappa shape index (κ1) is 24.2. The molecule has 2 heterocycles. The summed E-state index contributed by atoms with van der Waals surface area (Å²) in [6.07, 6.45) is 3.28. The summed E-state index contributed by atoms with van der Waals surface area (Å²) in [4.78, 5) is 34.4. The van der Waals surface area contributed by atoms with E-state index in [9.17, 15) is 9.59 Å². The van der Waals surface area contributed by atoms with Crippen LogP contribution in [-0.4, -0.2) is 51.4 Å². The first-order valence-electron chi connectivity index (χ1n) is 11.4. The van der Waals surface area contributed by atoms with Gasteiger partial charge in [-0.25, -0.2) is 0 Å². The summed E-state index contributed by atoms with van der Waals surface area (Å²) in [6.45, 7) is 2.96. The Hall–Kier alpha value is -2.90. The zero-order valence-corrected chi connectivity index (χ0v) is 20.4. The molecule has 9 heteroatoms. The van der Waals surface area contributed by atoms with Crippen molar-refractivity contribution >= 4 is 35.0 Å². The predicted molar refractivity (Wildman–Crippen MR) is 131 cm³/mol. The number of hydrogen-bond donors (Lipinski definition) is 0. The summed E-state index contributed by atoms with van der Waals surface area (Å²) in [5.74, 6) is 0.450. The van der Waals surface area contributed by atoms with Crippen molar-refractivity contribution in [1.29, 1.82) is 0 Å². The third-order valence-corrected chi connectivity index (χ3v) is 6.45. The largest absolute Gasteiger partial charge is 0.337 e. The second-order valence-corrected chi connectivity index (χ2v) is 9.11. The van der Waals surface area contributed by atoms with Crippen LogP contribution in [-0.2, 0) is 4.79 Å². The highest BCUT2D eigenvalue weighted by Crippen LogP contribution is 2.31. The highest BCUT2D eigenvalue weighted by atomic mass is 35.5. The SMILES string of the molecule is CCCN(CC(=O)N1CCCCC1c1nc(-c2ccc(Cl)cc2)no1)C(=O)c1ccccc1Cl. The highest BCUT2D eigenvalue weighted by Gasteiger charge is 2.33. The van der Waals surface area contributed by atoms with Gasteiger partial charge in [-0.2, -0.15) is 4.98 Å². The normalized spacial score (nSPS) is 15.9. The molecule has 1 fully saturated rings. The van der Waals surface area contributed by atoms with Gasteiger partial charge in [0, 0.05) is 23.7 Å². The van der Waals surface area contributed by atoms with Crippen LogP contribution >= 0.6 is 23.2 Å². The Bertz CT molecular complexity index is 1150. The molecule has 3 aromatic rings. The van der Waals surface area contributed by atoms with Gasteiger partial charge in [0.15, 0.2) is 0 Å². The first-order valence-corrected chi connectivity index (χ1v) is 12.2. The number of hydrogen-bond acceptors (Lipinski definition) is 5. The lowest BCUT2D eigenvalue weighted by Crippen LogP contribution is -2.46. The van der Waals surface area contributed by atoms with Crippen molar-refractivity contribution in [2.24, 2.45) is 0 Å². The first-order chi connectivity index (χ1) is 16.5. The van der Waals surface area contributed by atoms with E-state index in [1.165, 1.54) is 0 Å². The summed E-state index contributed by atoms with van der Waals surface area (Å²) in [5, 5.41) is 5.10. The van der Waals surface area contributed by atoms with E-state index in [1.807, 2.05) is 19.1 Å². The van der Waals surface area contributed by atoms with Gasteiger partial charge < -0.3 is 14.3 Å². The molecule has 34 heavy (non-hydrogen) atoms. The van der Waals surface area contributed by atoms with Gasteiger partial charge in [-0.3, -0.25) is 9.59 Å². The summed E-state index contributed by atoms with van der Waals surface area (Å²) >= 11 is 12.2. The Morgan fingerprint density at radius 2 is 1.88 bits per heavy atom. The minimum Gasteiger partial charge on any atom is -0.337 e. The number of halogens is 2. The minimum atomic E-state index is -0.325. The van der Waals surface area contributed by atoms with Crippen LogP contribution in [0.3, 0.4) is 0 Å². The van der Waals surface area contributed by atoms with Gasteiger partial charge in [0.05, 0.1) is 10.6 Å². The van der Waals surface area contributed by atoms with Crippen molar-refractivity contribution in [3.63, 3.8) is 0 Å². The Labute approximate surface area is 208 Å². The molecule has 1 atom stereocenters. The number of rotatable bonds is 7. The molecule has 1 aliphatic rings. The highest BCUT2D eigenvalue weighted by molar-refractivity contribution is 6.33. The Kier molecular flexibility index (Phi) is 7.85. The fourth-order valence-corrected chi connectivity index (χ4v) is 4.50. The molecule has 1 aromatic heterocycles. The van der Waals surface area contributed by atoms with E-state index in [0.29, 0.717) is 40.4 Å². The van der Waals surface area contributed by atoms with Crippen molar-refractivity contribution in [1.82, 2.24) is 19.9 Å². The van der Waals surface area contributed by atoms with Crippen LogP contribution in [0.2, 0.25) is 10.0 Å². The van der Waals surface area contributed by atoms with Crippen LogP contribution in [0.4, 0.5) is 0 Å². The van der Waals surface area contributed by atoms with Gasteiger partial charge in [0.1, 0.15) is 12.6 Å². The summed E-state index contributed by atoms with van der Waals surface area (Å²) in [7, 11) is 0. The summed E-state index contributed by atoms with van der Waals surface area (Å²) in [5.41, 5.74) is 1.18. The van der Waals surface area contributed by atoms with Crippen molar-refractivity contribution in [3.05, 3.63) is 70.0 Å². The lowest BCUT2D eigenvalue weighted by atomic mass is 10.0. The third kappa shape index (κ3) is 5.42. The second kappa shape index (κ2) is 11.0. The predicted octanol–water partition coefficient (Wildman–Crippen LogP) is 5.65. The fourth-order valence-electron chi connectivity index (χ4n) is 4.15. The summed E-state index contributed by atoms with van der Waals surface area (Å²) in [6, 6.07) is 13.7. The number of piperidine rings is 1. The molecule has 0 spiro atoms. The number of amides is 2. The number of carbonyl (C=O) groups excluding carboxylic acids is 2. The van der Waals surface area contributed by atoms with E-state index >= 15 is 0 Å². The zero-order valence-electron chi connectivity index (χ0n) is 18.9. The van der Waals surface area contributed by atoms with Gasteiger partial charge in [-0.05, 0) is 62.1 Å². The molecule has 178 valence electrons. The van der Waals surface area contributed by atoms with Crippen LogP contribution in [0.25, 0.3) is 11.4 Å². The van der Waals surface area contributed by atoms with Crippen molar-refractivity contribution < 1.29 is 14.1 Å². The Morgan fingerprint density at radius 1 is 1.12 bits per heavy atom. The van der Waals surface area contributed by atoms with E-state index in [4.69, 9.17) is 27.7 Å². The maximum absolute atomic E-state index is 13.4. The van der Waals surface area contributed by atoms with E-state index < -0.39 is 0 Å². The maximum Gasteiger partial charge on any atom is 0.255 e. The molecule has 0 bridgehead atoms. The summed E-state index contributed by atoms with van der Waals surface area (Å²) < 4.78 is 5.57. The maximum atomic E-state index is 13.4. The molecule has 7 nitrogen and oxygen atoms in total. The lowest BCUT2D eigenvalue weighted by molar-refractivity contribution is -0.136. The quantitative estimate of drug-likeness (QED) is 0.418. The molecule has 0 saturated carbocycles. The van der Waals surface area contributed by atoms with Crippen LogP contribution in [0.5, 0.6) is 0 Å². The van der Waals surface area contributed by atoms with Crippen LogP contribution in [0.15, 0.2) is 53.1 Å². The minimum absolute atomic E-state index is 0.0351. The molecule has 2 amide bonds. The average Bonchev–Trinajstić information content (AvgIpc) is 3.34. The zero-order chi connectivity index (χ0) is 24.1. The molecule has 0 N–H and O–H groups in total. The van der Waals surface area contributed by atoms with E-state index in [2.05, 4.69) is 10.1 Å².